The topological polar surface area (TPSA) is 51.1 Å². The van der Waals surface area contributed by atoms with Crippen LogP contribution in [0.15, 0.2) is 83.8 Å². The number of thiophene rings is 1. The molecule has 2 heterocycles. The van der Waals surface area contributed by atoms with Gasteiger partial charge in [0.1, 0.15) is 0 Å². The largest absolute Gasteiger partial charge is 0.345 e. The highest BCUT2D eigenvalue weighted by Crippen LogP contribution is 2.24. The van der Waals surface area contributed by atoms with Gasteiger partial charge >= 0.3 is 0 Å². The summed E-state index contributed by atoms with van der Waals surface area (Å²) in [5, 5.41) is 3.59. The van der Waals surface area contributed by atoms with E-state index in [0.717, 1.165) is 15.8 Å². The number of nitrogens with zero attached hydrogens (tertiary/aromatic N) is 1. The zero-order valence-corrected chi connectivity index (χ0v) is 16.3. The highest BCUT2D eigenvalue weighted by atomic mass is 32.1. The fourth-order valence-electron chi connectivity index (χ4n) is 3.19. The molecule has 4 nitrogen and oxygen atoms in total. The van der Waals surface area contributed by atoms with E-state index in [2.05, 4.69) is 5.32 Å². The summed E-state index contributed by atoms with van der Waals surface area (Å²) in [6.07, 6.45) is 1.79. The Bertz CT molecular complexity index is 1160. The molecule has 140 valence electrons. The summed E-state index contributed by atoms with van der Waals surface area (Å²) in [6, 6.07) is 23.2. The summed E-state index contributed by atoms with van der Waals surface area (Å²) in [5.74, 6) is -0.161. The van der Waals surface area contributed by atoms with Crippen molar-refractivity contribution in [3.63, 3.8) is 0 Å². The van der Waals surface area contributed by atoms with Crippen LogP contribution < -0.4 is 10.9 Å². The summed E-state index contributed by atoms with van der Waals surface area (Å²) in [5.41, 5.74) is 2.03. The van der Waals surface area contributed by atoms with E-state index in [1.54, 1.807) is 16.8 Å². The number of amides is 1. The summed E-state index contributed by atoms with van der Waals surface area (Å²) < 4.78 is 2.50. The molecule has 0 radical (unpaired) electrons. The van der Waals surface area contributed by atoms with Crippen molar-refractivity contribution in [1.82, 2.24) is 9.88 Å². The Labute approximate surface area is 167 Å². The second kappa shape index (κ2) is 7.82. The molecule has 4 aromatic rings. The van der Waals surface area contributed by atoms with Crippen molar-refractivity contribution >= 4 is 27.3 Å². The van der Waals surface area contributed by atoms with Crippen molar-refractivity contribution in [1.29, 1.82) is 0 Å². The van der Waals surface area contributed by atoms with Gasteiger partial charge in [-0.2, -0.15) is 0 Å². The maximum absolute atomic E-state index is 12.9. The number of pyridine rings is 1. The van der Waals surface area contributed by atoms with Gasteiger partial charge in [0, 0.05) is 10.9 Å². The minimum atomic E-state index is -0.161. The quantitative estimate of drug-likeness (QED) is 0.543. The van der Waals surface area contributed by atoms with Gasteiger partial charge in [0.25, 0.3) is 11.5 Å². The van der Waals surface area contributed by atoms with Gasteiger partial charge in [-0.1, -0.05) is 60.7 Å². The van der Waals surface area contributed by atoms with E-state index in [9.17, 15) is 9.59 Å². The predicted molar refractivity (Wildman–Crippen MR) is 114 cm³/mol. The Morgan fingerprint density at radius 2 is 1.71 bits per heavy atom. The highest BCUT2D eigenvalue weighted by Gasteiger charge is 2.16. The third kappa shape index (κ3) is 3.75. The molecule has 0 aliphatic rings. The molecule has 2 aromatic carbocycles. The molecule has 5 heteroatoms. The second-order valence-electron chi connectivity index (χ2n) is 6.73. The molecule has 2 aromatic heterocycles. The number of nitrogens with one attached hydrogen (secondary N) is 1. The molecule has 1 N–H and O–H groups in total. The zero-order valence-electron chi connectivity index (χ0n) is 15.5. The van der Waals surface area contributed by atoms with Gasteiger partial charge in [0.2, 0.25) is 0 Å². The molecule has 0 unspecified atom stereocenters. The molecule has 1 amide bonds. The summed E-state index contributed by atoms with van der Waals surface area (Å²) in [6.45, 7) is 2.46. The number of carbonyl (C=O) groups is 1. The Hall–Kier alpha value is -3.18. The molecular formula is C23H20N2O2S. The van der Waals surface area contributed by atoms with Crippen LogP contribution in [-0.2, 0) is 6.54 Å². The predicted octanol–water partition coefficient (Wildman–Crippen LogP) is 4.60. The normalized spacial score (nSPS) is 12.0. The van der Waals surface area contributed by atoms with Crippen molar-refractivity contribution in [2.75, 3.05) is 0 Å². The van der Waals surface area contributed by atoms with E-state index >= 15 is 0 Å². The van der Waals surface area contributed by atoms with E-state index in [4.69, 9.17) is 0 Å². The number of aromatic nitrogens is 1. The second-order valence-corrected chi connectivity index (χ2v) is 7.81. The highest BCUT2D eigenvalue weighted by molar-refractivity contribution is 7.20. The van der Waals surface area contributed by atoms with E-state index in [1.165, 1.54) is 11.3 Å². The lowest BCUT2D eigenvalue weighted by Gasteiger charge is -2.13. The Balaban J connectivity index is 1.58. The maximum atomic E-state index is 12.9. The minimum absolute atomic E-state index is 0.0761. The van der Waals surface area contributed by atoms with Crippen LogP contribution in [0.4, 0.5) is 0 Å². The molecule has 28 heavy (non-hydrogen) atoms. The number of carbonyl (C=O) groups excluding carboxylic acids is 1. The van der Waals surface area contributed by atoms with Crippen LogP contribution in [0.5, 0.6) is 0 Å². The molecule has 4 rings (SSSR count). The van der Waals surface area contributed by atoms with Crippen LogP contribution in [0.2, 0.25) is 0 Å². The molecular weight excluding hydrogens is 368 g/mol. The molecule has 0 saturated carbocycles. The lowest BCUT2D eigenvalue weighted by atomic mass is 10.1. The summed E-state index contributed by atoms with van der Waals surface area (Å²) >= 11 is 1.35. The van der Waals surface area contributed by atoms with Crippen LogP contribution >= 0.6 is 11.3 Å². The Morgan fingerprint density at radius 3 is 2.43 bits per heavy atom. The average molecular weight is 388 g/mol. The molecule has 0 spiro atoms. The number of hydrogen-bond donors (Lipinski definition) is 1. The molecule has 0 fully saturated rings. The standard InChI is InChI=1S/C23H20N2O2S/c1-16(18-10-6-3-7-11-18)24-22(26)21-14-19-20(28-21)12-13-25(23(19)27)15-17-8-4-2-5-9-17/h2-14,16H,15H2,1H3,(H,24,26)/t16-/m0/s1. The average Bonchev–Trinajstić information content (AvgIpc) is 3.17. The van der Waals surface area contributed by atoms with E-state index in [0.29, 0.717) is 16.8 Å². The van der Waals surface area contributed by atoms with Gasteiger partial charge in [-0.15, -0.1) is 11.3 Å². The first-order valence-electron chi connectivity index (χ1n) is 9.14. The van der Waals surface area contributed by atoms with E-state index in [-0.39, 0.29) is 17.5 Å². The van der Waals surface area contributed by atoms with Gasteiger partial charge in [-0.25, -0.2) is 0 Å². The first-order valence-corrected chi connectivity index (χ1v) is 9.96. The third-order valence-electron chi connectivity index (χ3n) is 4.72. The first kappa shape index (κ1) is 18.2. The number of benzene rings is 2. The van der Waals surface area contributed by atoms with E-state index < -0.39 is 0 Å². The number of rotatable bonds is 5. The van der Waals surface area contributed by atoms with Crippen LogP contribution in [0, 0.1) is 0 Å². The fourth-order valence-corrected chi connectivity index (χ4v) is 4.14. The summed E-state index contributed by atoms with van der Waals surface area (Å²) in [7, 11) is 0. The van der Waals surface area contributed by atoms with Gasteiger partial charge in [-0.3, -0.25) is 9.59 Å². The van der Waals surface area contributed by atoms with Crippen molar-refractivity contribution in [2.24, 2.45) is 0 Å². The van der Waals surface area contributed by atoms with Crippen molar-refractivity contribution in [2.45, 2.75) is 19.5 Å². The van der Waals surface area contributed by atoms with Crippen molar-refractivity contribution in [3.8, 4) is 0 Å². The molecule has 0 aliphatic heterocycles. The monoisotopic (exact) mass is 388 g/mol. The number of hydrogen-bond acceptors (Lipinski definition) is 3. The Morgan fingerprint density at radius 1 is 1.04 bits per heavy atom. The lowest BCUT2D eigenvalue weighted by Crippen LogP contribution is -2.25. The van der Waals surface area contributed by atoms with Crippen molar-refractivity contribution < 1.29 is 4.79 Å². The zero-order chi connectivity index (χ0) is 19.5. The SMILES string of the molecule is C[C@H](NC(=O)c1cc2c(=O)n(Cc3ccccc3)ccc2s1)c1ccccc1. The van der Waals surface area contributed by atoms with Gasteiger partial charge in [0.15, 0.2) is 0 Å². The number of fused-ring (bicyclic) bond motifs is 1. The smallest absolute Gasteiger partial charge is 0.261 e. The Kier molecular flexibility index (Phi) is 5.08. The van der Waals surface area contributed by atoms with E-state index in [1.807, 2.05) is 73.7 Å². The van der Waals surface area contributed by atoms with Crippen LogP contribution in [0.1, 0.15) is 33.8 Å². The van der Waals surface area contributed by atoms with Gasteiger partial charge in [-0.05, 0) is 30.2 Å². The fraction of sp³-hybridized carbons (Fsp3) is 0.130. The molecule has 0 bridgehead atoms. The molecule has 1 atom stereocenters. The first-order chi connectivity index (χ1) is 13.6. The molecule has 0 saturated heterocycles. The third-order valence-corrected chi connectivity index (χ3v) is 5.82. The van der Waals surface area contributed by atoms with Crippen LogP contribution in [-0.4, -0.2) is 10.5 Å². The van der Waals surface area contributed by atoms with Gasteiger partial charge < -0.3 is 9.88 Å². The summed E-state index contributed by atoms with van der Waals surface area (Å²) in [4.78, 5) is 26.1. The minimum Gasteiger partial charge on any atom is -0.345 e. The lowest BCUT2D eigenvalue weighted by molar-refractivity contribution is 0.0944. The maximum Gasteiger partial charge on any atom is 0.261 e. The van der Waals surface area contributed by atoms with Crippen LogP contribution in [0.3, 0.4) is 0 Å². The van der Waals surface area contributed by atoms with Gasteiger partial charge in [0.05, 0.1) is 22.8 Å². The molecule has 0 aliphatic carbocycles. The van der Waals surface area contributed by atoms with Crippen LogP contribution in [0.25, 0.3) is 10.1 Å². The van der Waals surface area contributed by atoms with Crippen molar-refractivity contribution in [3.05, 3.63) is 105 Å².